The molecule has 0 saturated carbocycles. The lowest BCUT2D eigenvalue weighted by Gasteiger charge is -2.26. The number of hydrogen-bond acceptors (Lipinski definition) is 3. The highest BCUT2D eigenvalue weighted by atomic mass is 127. The lowest BCUT2D eigenvalue weighted by Crippen LogP contribution is -2.30. The number of rotatable bonds is 9. The number of ether oxygens (including phenoxy) is 1. The molecule has 0 radical (unpaired) electrons. The van der Waals surface area contributed by atoms with E-state index < -0.39 is 0 Å². The van der Waals surface area contributed by atoms with Gasteiger partial charge in [0.1, 0.15) is 0 Å². The molecule has 0 spiro atoms. The van der Waals surface area contributed by atoms with Gasteiger partial charge in [0.2, 0.25) is 0 Å². The van der Waals surface area contributed by atoms with Gasteiger partial charge in [0, 0.05) is 24.9 Å². The Morgan fingerprint density at radius 3 is 2.68 bits per heavy atom. The number of nitrogens with one attached hydrogen (secondary N) is 1. The number of nitrogens with two attached hydrogens (primary N) is 1. The molecule has 0 aromatic heterocycles. The average Bonchev–Trinajstić information content (AvgIpc) is 2.61. The highest BCUT2D eigenvalue weighted by Crippen LogP contribution is 2.15. The summed E-state index contributed by atoms with van der Waals surface area (Å²) in [7, 11) is 1.69. The molecule has 1 aromatic carbocycles. The third-order valence-electron chi connectivity index (χ3n) is 4.44. The van der Waals surface area contributed by atoms with E-state index in [-0.39, 0.29) is 24.0 Å². The Labute approximate surface area is 169 Å². The van der Waals surface area contributed by atoms with E-state index in [4.69, 9.17) is 10.5 Å². The Hall–Kier alpha value is -0.860. The van der Waals surface area contributed by atoms with Gasteiger partial charge in [0.15, 0.2) is 5.96 Å². The summed E-state index contributed by atoms with van der Waals surface area (Å²) in [5.74, 6) is 0.481. The lowest BCUT2D eigenvalue weighted by molar-refractivity contribution is 0.185. The number of halogens is 1. The van der Waals surface area contributed by atoms with Gasteiger partial charge in [-0.2, -0.15) is 0 Å². The number of piperidine rings is 1. The summed E-state index contributed by atoms with van der Waals surface area (Å²) in [6.07, 6.45) is 7.72. The van der Waals surface area contributed by atoms with Gasteiger partial charge in [-0.05, 0) is 51.4 Å². The van der Waals surface area contributed by atoms with E-state index in [0.29, 0.717) is 12.6 Å². The van der Waals surface area contributed by atoms with Crippen molar-refractivity contribution in [3.63, 3.8) is 0 Å². The normalized spacial score (nSPS) is 15.6. The predicted molar refractivity (Wildman–Crippen MR) is 117 cm³/mol. The van der Waals surface area contributed by atoms with E-state index in [1.165, 1.54) is 51.7 Å². The van der Waals surface area contributed by atoms with Crippen molar-refractivity contribution >= 4 is 35.6 Å². The lowest BCUT2D eigenvalue weighted by atomic mass is 10.1. The summed E-state index contributed by atoms with van der Waals surface area (Å²) in [4.78, 5) is 7.03. The van der Waals surface area contributed by atoms with Crippen LogP contribution < -0.4 is 11.1 Å². The number of anilines is 1. The van der Waals surface area contributed by atoms with Crippen LogP contribution in [0.4, 0.5) is 5.69 Å². The third kappa shape index (κ3) is 8.87. The first kappa shape index (κ1) is 22.2. The topological polar surface area (TPSA) is 62.9 Å². The zero-order valence-electron chi connectivity index (χ0n) is 15.4. The van der Waals surface area contributed by atoms with Crippen molar-refractivity contribution in [3.05, 3.63) is 29.8 Å². The molecule has 142 valence electrons. The molecular weight excluding hydrogens is 427 g/mol. The summed E-state index contributed by atoms with van der Waals surface area (Å²) in [5, 5.41) is 3.18. The Kier molecular flexibility index (Phi) is 11.9. The number of likely N-dealkylation sites (tertiary alicyclic amines) is 1. The summed E-state index contributed by atoms with van der Waals surface area (Å²) < 4.78 is 5.20. The number of methoxy groups -OCH3 is 1. The molecule has 0 unspecified atom stereocenters. The van der Waals surface area contributed by atoms with E-state index in [1.54, 1.807) is 7.11 Å². The number of unbranched alkanes of at least 4 members (excludes halogenated alkanes) is 2. The number of aliphatic imine (C=N–C) groups is 1. The second-order valence-electron chi connectivity index (χ2n) is 6.45. The Bertz CT molecular complexity index is 504. The highest BCUT2D eigenvalue weighted by molar-refractivity contribution is 14.0. The molecule has 3 N–H and O–H groups in total. The molecule has 1 fully saturated rings. The molecule has 1 saturated heterocycles. The van der Waals surface area contributed by atoms with E-state index in [0.717, 1.165) is 24.2 Å². The molecule has 0 atom stereocenters. The van der Waals surface area contributed by atoms with Crippen LogP contribution in [0.25, 0.3) is 0 Å². The Morgan fingerprint density at radius 2 is 1.92 bits per heavy atom. The van der Waals surface area contributed by atoms with Crippen LogP contribution in [-0.4, -0.2) is 44.1 Å². The van der Waals surface area contributed by atoms with Crippen molar-refractivity contribution < 1.29 is 4.74 Å². The van der Waals surface area contributed by atoms with Gasteiger partial charge in [-0.1, -0.05) is 31.0 Å². The van der Waals surface area contributed by atoms with Crippen molar-refractivity contribution in [2.24, 2.45) is 10.7 Å². The zero-order chi connectivity index (χ0) is 17.0. The first-order chi connectivity index (χ1) is 11.8. The van der Waals surface area contributed by atoms with E-state index in [9.17, 15) is 0 Å². The quantitative estimate of drug-likeness (QED) is 0.255. The van der Waals surface area contributed by atoms with Crippen LogP contribution in [0.15, 0.2) is 29.3 Å². The van der Waals surface area contributed by atoms with E-state index in [1.807, 2.05) is 24.3 Å². The molecule has 6 heteroatoms. The van der Waals surface area contributed by atoms with Crippen molar-refractivity contribution in [2.75, 3.05) is 38.6 Å². The molecule has 5 nitrogen and oxygen atoms in total. The maximum absolute atomic E-state index is 5.99. The Balaban J connectivity index is 0.00000312. The van der Waals surface area contributed by atoms with Crippen molar-refractivity contribution in [3.8, 4) is 0 Å². The smallest absolute Gasteiger partial charge is 0.193 e. The number of nitrogens with zero attached hydrogens (tertiary/aromatic N) is 2. The minimum atomic E-state index is 0. The monoisotopic (exact) mass is 460 g/mol. The second kappa shape index (κ2) is 13.4. The molecule has 2 rings (SSSR count). The fourth-order valence-corrected chi connectivity index (χ4v) is 3.11. The summed E-state index contributed by atoms with van der Waals surface area (Å²) in [6.45, 7) is 5.16. The summed E-state index contributed by atoms with van der Waals surface area (Å²) >= 11 is 0. The van der Waals surface area contributed by atoms with E-state index in [2.05, 4.69) is 15.2 Å². The standard InChI is InChI=1S/C19H32N4O.HI/c1-24-16-17-10-4-5-11-18(17)22-19(20)21-12-6-2-7-13-23-14-8-3-9-15-23;/h4-5,10-11H,2-3,6-9,12-16H2,1H3,(H3,20,21,22);1H. The van der Waals surface area contributed by atoms with Gasteiger partial charge in [0.05, 0.1) is 6.61 Å². The minimum Gasteiger partial charge on any atom is -0.380 e. The van der Waals surface area contributed by atoms with Crippen molar-refractivity contribution in [1.82, 2.24) is 4.90 Å². The fraction of sp³-hybridized carbons (Fsp3) is 0.632. The maximum Gasteiger partial charge on any atom is 0.193 e. The molecule has 0 bridgehead atoms. The second-order valence-corrected chi connectivity index (χ2v) is 6.45. The van der Waals surface area contributed by atoms with Crippen LogP contribution >= 0.6 is 24.0 Å². The number of guanidine groups is 1. The van der Waals surface area contributed by atoms with Gasteiger partial charge in [-0.15, -0.1) is 24.0 Å². The van der Waals surface area contributed by atoms with Crippen LogP contribution in [0.3, 0.4) is 0 Å². The summed E-state index contributed by atoms with van der Waals surface area (Å²) in [6, 6.07) is 8.00. The largest absolute Gasteiger partial charge is 0.380 e. The number of benzene rings is 1. The molecule has 1 aliphatic heterocycles. The van der Waals surface area contributed by atoms with Gasteiger partial charge < -0.3 is 20.7 Å². The molecule has 0 aliphatic carbocycles. The third-order valence-corrected chi connectivity index (χ3v) is 4.44. The minimum absolute atomic E-state index is 0. The molecular formula is C19H33IN4O. The van der Waals surface area contributed by atoms with Gasteiger partial charge in [0.25, 0.3) is 0 Å². The van der Waals surface area contributed by atoms with E-state index >= 15 is 0 Å². The summed E-state index contributed by atoms with van der Waals surface area (Å²) in [5.41, 5.74) is 8.04. The Morgan fingerprint density at radius 1 is 1.16 bits per heavy atom. The van der Waals surface area contributed by atoms with Crippen molar-refractivity contribution in [1.29, 1.82) is 0 Å². The SMILES string of the molecule is COCc1ccccc1NC(N)=NCCCCCN1CCCCC1.I. The van der Waals surface area contributed by atoms with Crippen LogP contribution in [0.2, 0.25) is 0 Å². The van der Waals surface area contributed by atoms with Crippen molar-refractivity contribution in [2.45, 2.75) is 45.1 Å². The molecule has 1 aromatic rings. The van der Waals surface area contributed by atoms with Crippen LogP contribution in [-0.2, 0) is 11.3 Å². The number of hydrogen-bond donors (Lipinski definition) is 2. The highest BCUT2D eigenvalue weighted by Gasteiger charge is 2.08. The molecule has 1 aliphatic rings. The number of para-hydroxylation sites is 1. The first-order valence-corrected chi connectivity index (χ1v) is 9.16. The average molecular weight is 460 g/mol. The van der Waals surface area contributed by atoms with Crippen LogP contribution in [0.1, 0.15) is 44.1 Å². The fourth-order valence-electron chi connectivity index (χ4n) is 3.11. The zero-order valence-corrected chi connectivity index (χ0v) is 17.7. The van der Waals surface area contributed by atoms with Crippen LogP contribution in [0.5, 0.6) is 0 Å². The van der Waals surface area contributed by atoms with Gasteiger partial charge in [-0.3, -0.25) is 4.99 Å². The van der Waals surface area contributed by atoms with Gasteiger partial charge in [-0.25, -0.2) is 0 Å². The molecule has 25 heavy (non-hydrogen) atoms. The van der Waals surface area contributed by atoms with Gasteiger partial charge >= 0.3 is 0 Å². The first-order valence-electron chi connectivity index (χ1n) is 9.16. The molecule has 0 amide bonds. The maximum atomic E-state index is 5.99. The molecule has 1 heterocycles. The van der Waals surface area contributed by atoms with Crippen LogP contribution in [0, 0.1) is 0 Å². The predicted octanol–water partition coefficient (Wildman–Crippen LogP) is 3.83.